The summed E-state index contributed by atoms with van der Waals surface area (Å²) in [5.41, 5.74) is 1.42. The van der Waals surface area contributed by atoms with Crippen LogP contribution in [0, 0.1) is 0 Å². The van der Waals surface area contributed by atoms with E-state index in [1.807, 2.05) is 32.0 Å². The van der Waals surface area contributed by atoms with Crippen LogP contribution < -0.4 is 10.2 Å². The maximum absolute atomic E-state index is 12.1. The van der Waals surface area contributed by atoms with Crippen LogP contribution in [0.2, 0.25) is 0 Å². The third-order valence-electron chi connectivity index (χ3n) is 2.49. The summed E-state index contributed by atoms with van der Waals surface area (Å²) < 4.78 is 27.9. The van der Waals surface area contributed by atoms with Gasteiger partial charge in [-0.15, -0.1) is 4.40 Å². The van der Waals surface area contributed by atoms with Gasteiger partial charge in [-0.05, 0) is 24.0 Å². The number of thioether (sulfide) groups is 1. The Bertz CT molecular complexity index is 594. The molecule has 0 fully saturated rings. The summed E-state index contributed by atoms with van der Waals surface area (Å²) in [6.45, 7) is 1.95. The highest BCUT2D eigenvalue weighted by atomic mass is 32.2. The minimum Gasteiger partial charge on any atom is -0.378 e. The average molecular weight is 285 g/mol. The highest BCUT2D eigenvalue weighted by Gasteiger charge is 2.25. The van der Waals surface area contributed by atoms with Gasteiger partial charge in [-0.25, -0.2) is 0 Å². The van der Waals surface area contributed by atoms with Crippen LogP contribution in [-0.2, 0) is 10.0 Å². The molecule has 18 heavy (non-hydrogen) atoms. The van der Waals surface area contributed by atoms with Crippen LogP contribution in [0.4, 0.5) is 11.4 Å². The molecule has 1 aromatic carbocycles. The smallest absolute Gasteiger partial charge is 0.286 e. The third-order valence-corrected chi connectivity index (χ3v) is 4.67. The van der Waals surface area contributed by atoms with Crippen LogP contribution in [0.15, 0.2) is 27.5 Å². The molecule has 0 spiro atoms. The van der Waals surface area contributed by atoms with Crippen LogP contribution in [-0.4, -0.2) is 33.4 Å². The molecule has 5 nitrogen and oxygen atoms in total. The summed E-state index contributed by atoms with van der Waals surface area (Å²) in [5, 5.41) is 3.47. The molecule has 0 saturated carbocycles. The molecule has 0 atom stereocenters. The van der Waals surface area contributed by atoms with Crippen molar-refractivity contribution in [3.8, 4) is 0 Å². The lowest BCUT2D eigenvalue weighted by molar-refractivity contribution is 0.598. The first kappa shape index (κ1) is 13.2. The Hall–Kier alpha value is -1.21. The lowest BCUT2D eigenvalue weighted by atomic mass is 10.2. The zero-order chi connectivity index (χ0) is 13.3. The van der Waals surface area contributed by atoms with Gasteiger partial charge in [0.05, 0.1) is 5.69 Å². The van der Waals surface area contributed by atoms with Gasteiger partial charge < -0.3 is 10.2 Å². The molecule has 2 rings (SSSR count). The van der Waals surface area contributed by atoms with Crippen LogP contribution >= 0.6 is 11.8 Å². The molecule has 0 amide bonds. The first-order chi connectivity index (χ1) is 8.44. The van der Waals surface area contributed by atoms with Gasteiger partial charge in [0, 0.05) is 19.8 Å². The number of nitrogens with one attached hydrogen (secondary N) is 1. The van der Waals surface area contributed by atoms with E-state index in [2.05, 4.69) is 9.71 Å². The molecule has 1 aliphatic heterocycles. The number of amidine groups is 1. The Balaban J connectivity index is 2.50. The molecule has 0 aromatic heterocycles. The van der Waals surface area contributed by atoms with Crippen molar-refractivity contribution in [3.63, 3.8) is 0 Å². The van der Waals surface area contributed by atoms with E-state index in [-0.39, 0.29) is 4.90 Å². The Morgan fingerprint density at radius 2 is 2.11 bits per heavy atom. The maximum atomic E-state index is 12.1. The standard InChI is InChI=1S/C11H15N3O2S2/c1-4-17-11-12-9-6-5-8(14(2)3)7-10(9)18(15,16)13-11/h5-7H,4H2,1-3H3,(H,12,13). The Kier molecular flexibility index (Phi) is 3.54. The summed E-state index contributed by atoms with van der Waals surface area (Å²) in [6, 6.07) is 5.28. The van der Waals surface area contributed by atoms with E-state index >= 15 is 0 Å². The predicted molar refractivity (Wildman–Crippen MR) is 77.1 cm³/mol. The molecule has 0 unspecified atom stereocenters. The minimum absolute atomic E-state index is 0.231. The van der Waals surface area contributed by atoms with E-state index in [0.717, 1.165) is 11.4 Å². The van der Waals surface area contributed by atoms with Crippen LogP contribution in [0.5, 0.6) is 0 Å². The zero-order valence-corrected chi connectivity index (χ0v) is 12.1. The molecule has 0 bridgehead atoms. The van der Waals surface area contributed by atoms with Gasteiger partial charge in [0.25, 0.3) is 10.0 Å². The van der Waals surface area contributed by atoms with Crippen molar-refractivity contribution in [2.45, 2.75) is 11.8 Å². The van der Waals surface area contributed by atoms with Gasteiger partial charge in [0.2, 0.25) is 0 Å². The first-order valence-corrected chi connectivity index (χ1v) is 7.93. The van der Waals surface area contributed by atoms with Crippen molar-refractivity contribution in [3.05, 3.63) is 18.2 Å². The van der Waals surface area contributed by atoms with E-state index in [9.17, 15) is 8.42 Å². The van der Waals surface area contributed by atoms with Gasteiger partial charge in [0.15, 0.2) is 5.17 Å². The van der Waals surface area contributed by atoms with E-state index < -0.39 is 10.0 Å². The van der Waals surface area contributed by atoms with Gasteiger partial charge in [-0.2, -0.15) is 8.42 Å². The van der Waals surface area contributed by atoms with Crippen molar-refractivity contribution in [2.24, 2.45) is 4.40 Å². The second kappa shape index (κ2) is 4.81. The maximum Gasteiger partial charge on any atom is 0.286 e. The fourth-order valence-electron chi connectivity index (χ4n) is 1.60. The van der Waals surface area contributed by atoms with Gasteiger partial charge in [0.1, 0.15) is 4.90 Å². The van der Waals surface area contributed by atoms with Crippen LogP contribution in [0.1, 0.15) is 6.92 Å². The molecular formula is C11H15N3O2S2. The number of hydrogen-bond acceptors (Lipinski definition) is 5. The van der Waals surface area contributed by atoms with E-state index in [1.165, 1.54) is 11.8 Å². The fourth-order valence-corrected chi connectivity index (χ4v) is 3.59. The lowest BCUT2D eigenvalue weighted by Gasteiger charge is -2.20. The van der Waals surface area contributed by atoms with E-state index in [0.29, 0.717) is 10.9 Å². The van der Waals surface area contributed by atoms with Crippen molar-refractivity contribution >= 4 is 38.3 Å². The molecule has 1 heterocycles. The third kappa shape index (κ3) is 2.46. The number of nitrogens with zero attached hydrogens (tertiary/aromatic N) is 2. The number of hydrogen-bond donors (Lipinski definition) is 1. The largest absolute Gasteiger partial charge is 0.378 e. The summed E-state index contributed by atoms with van der Waals surface area (Å²) >= 11 is 1.38. The van der Waals surface area contributed by atoms with Gasteiger partial charge in [-0.1, -0.05) is 18.7 Å². The van der Waals surface area contributed by atoms with Gasteiger partial charge in [-0.3, -0.25) is 0 Å². The SMILES string of the molecule is CCSC1=NS(=O)(=O)c2cc(N(C)C)ccc2N1. The van der Waals surface area contributed by atoms with Gasteiger partial charge >= 0.3 is 0 Å². The average Bonchev–Trinajstić information content (AvgIpc) is 2.28. The second-order valence-corrected chi connectivity index (χ2v) is 6.83. The normalized spacial score (nSPS) is 16.5. The number of anilines is 2. The molecular weight excluding hydrogens is 270 g/mol. The predicted octanol–water partition coefficient (Wildman–Crippen LogP) is 1.98. The summed E-state index contributed by atoms with van der Waals surface area (Å²) in [4.78, 5) is 2.09. The molecule has 0 radical (unpaired) electrons. The Labute approximate surface area is 111 Å². The summed E-state index contributed by atoms with van der Waals surface area (Å²) in [5.74, 6) is 0.770. The van der Waals surface area contributed by atoms with Crippen molar-refractivity contribution < 1.29 is 8.42 Å². The summed E-state index contributed by atoms with van der Waals surface area (Å²) in [7, 11) is 0.143. The van der Waals surface area contributed by atoms with E-state index in [1.54, 1.807) is 12.1 Å². The lowest BCUT2D eigenvalue weighted by Crippen LogP contribution is -2.20. The van der Waals surface area contributed by atoms with Crippen molar-refractivity contribution in [1.29, 1.82) is 0 Å². The van der Waals surface area contributed by atoms with Crippen molar-refractivity contribution in [2.75, 3.05) is 30.1 Å². The molecule has 0 saturated heterocycles. The molecule has 0 aliphatic carbocycles. The monoisotopic (exact) mass is 285 g/mol. The molecule has 1 N–H and O–H groups in total. The molecule has 1 aromatic rings. The molecule has 1 aliphatic rings. The van der Waals surface area contributed by atoms with Crippen LogP contribution in [0.3, 0.4) is 0 Å². The Morgan fingerprint density at radius 3 is 2.72 bits per heavy atom. The highest BCUT2D eigenvalue weighted by Crippen LogP contribution is 2.32. The Morgan fingerprint density at radius 1 is 1.39 bits per heavy atom. The fraction of sp³-hybridized carbons (Fsp3) is 0.364. The highest BCUT2D eigenvalue weighted by molar-refractivity contribution is 8.14. The topological polar surface area (TPSA) is 61.8 Å². The van der Waals surface area contributed by atoms with E-state index in [4.69, 9.17) is 0 Å². The number of rotatable bonds is 2. The number of sulfonamides is 1. The zero-order valence-electron chi connectivity index (χ0n) is 10.5. The van der Waals surface area contributed by atoms with Crippen LogP contribution in [0.25, 0.3) is 0 Å². The first-order valence-electron chi connectivity index (χ1n) is 5.50. The minimum atomic E-state index is -3.59. The number of benzene rings is 1. The molecule has 7 heteroatoms. The second-order valence-electron chi connectivity index (χ2n) is 4.00. The van der Waals surface area contributed by atoms with Crippen molar-refractivity contribution in [1.82, 2.24) is 0 Å². The molecule has 98 valence electrons. The summed E-state index contributed by atoms with van der Waals surface area (Å²) in [6.07, 6.45) is 0. The quantitative estimate of drug-likeness (QED) is 0.900. The number of fused-ring (bicyclic) bond motifs is 1.